The smallest absolute Gasteiger partial charge is 0.225 e. The van der Waals surface area contributed by atoms with Gasteiger partial charge in [0.15, 0.2) is 0 Å². The van der Waals surface area contributed by atoms with E-state index in [0.29, 0.717) is 12.0 Å². The van der Waals surface area contributed by atoms with E-state index in [0.717, 1.165) is 41.7 Å². The number of nitrogens with one attached hydrogen (secondary N) is 2. The average molecular weight is 448 g/mol. The maximum absolute atomic E-state index is 4.80. The van der Waals surface area contributed by atoms with E-state index in [2.05, 4.69) is 65.8 Å². The Morgan fingerprint density at radius 2 is 1.64 bits per heavy atom. The topological polar surface area (TPSA) is 53.1 Å². The summed E-state index contributed by atoms with van der Waals surface area (Å²) in [5.41, 5.74) is 3.77. The van der Waals surface area contributed by atoms with Crippen LogP contribution in [0.5, 0.6) is 0 Å². The normalized spacial score (nSPS) is 18.2. The molecular formula is C28H41N5. The molecule has 4 rings (SSSR count). The number of hydrogen-bond donors (Lipinski definition) is 2. The first-order valence-corrected chi connectivity index (χ1v) is 12.0. The van der Waals surface area contributed by atoms with Gasteiger partial charge in [0.25, 0.3) is 0 Å². The van der Waals surface area contributed by atoms with E-state index in [4.69, 9.17) is 9.97 Å². The lowest BCUT2D eigenvalue weighted by Gasteiger charge is -2.29. The average Bonchev–Trinajstić information content (AvgIpc) is 2.80. The molecule has 2 N–H and O–H groups in total. The molecular weight excluding hydrogens is 406 g/mol. The highest BCUT2D eigenvalue weighted by atomic mass is 15.2. The minimum atomic E-state index is 0. The first kappa shape index (κ1) is 25.0. The van der Waals surface area contributed by atoms with Crippen molar-refractivity contribution in [3.63, 3.8) is 0 Å². The molecule has 0 saturated heterocycles. The van der Waals surface area contributed by atoms with Gasteiger partial charge in [-0.1, -0.05) is 57.7 Å². The van der Waals surface area contributed by atoms with E-state index in [-0.39, 0.29) is 7.43 Å². The zero-order valence-electron chi connectivity index (χ0n) is 19.9. The Balaban J connectivity index is 0.00000306. The summed E-state index contributed by atoms with van der Waals surface area (Å²) in [5.74, 6) is 3.06. The van der Waals surface area contributed by atoms with Crippen LogP contribution in [0, 0.1) is 5.92 Å². The second-order valence-electron chi connectivity index (χ2n) is 9.67. The number of para-hydroxylation sites is 1. The Bertz CT molecular complexity index is 1000. The fourth-order valence-corrected chi connectivity index (χ4v) is 4.60. The van der Waals surface area contributed by atoms with Crippen LogP contribution in [-0.2, 0) is 6.54 Å². The molecule has 5 nitrogen and oxygen atoms in total. The summed E-state index contributed by atoms with van der Waals surface area (Å²) >= 11 is 0. The standard InChI is InChI=1S/C27H37N5.CH4/c1-19(2)22-13-9-20(10-14-22)17-28-18-21-11-15-23(16-12-21)29-27-30-25-8-6-5-7-24(25)26(31-27)32(3)4;/h5-10,13-14,19,21,23,28H,11-12,15-18H2,1-4H3,(H,29,30,31);1H4. The highest BCUT2D eigenvalue weighted by Gasteiger charge is 2.22. The van der Waals surface area contributed by atoms with E-state index in [1.54, 1.807) is 0 Å². The van der Waals surface area contributed by atoms with Crippen LogP contribution in [0.3, 0.4) is 0 Å². The molecule has 1 saturated carbocycles. The predicted molar refractivity (Wildman–Crippen MR) is 142 cm³/mol. The Hall–Kier alpha value is -2.66. The van der Waals surface area contributed by atoms with E-state index in [1.165, 1.54) is 36.8 Å². The molecule has 0 bridgehead atoms. The van der Waals surface area contributed by atoms with Gasteiger partial charge in [-0.2, -0.15) is 4.98 Å². The first-order chi connectivity index (χ1) is 15.5. The zero-order valence-corrected chi connectivity index (χ0v) is 19.9. The SMILES string of the molecule is C.CC(C)c1ccc(CNCC2CCC(Nc3nc(N(C)C)c4ccccc4n3)CC2)cc1. The van der Waals surface area contributed by atoms with Crippen LogP contribution in [0.4, 0.5) is 11.8 Å². The maximum atomic E-state index is 4.80. The van der Waals surface area contributed by atoms with Crippen molar-refractivity contribution in [1.29, 1.82) is 0 Å². The van der Waals surface area contributed by atoms with Crippen molar-refractivity contribution >= 4 is 22.7 Å². The minimum Gasteiger partial charge on any atom is -0.362 e. The summed E-state index contributed by atoms with van der Waals surface area (Å²) in [6, 6.07) is 17.7. The number of aromatic nitrogens is 2. The molecule has 3 aromatic rings. The number of benzene rings is 2. The molecule has 0 spiro atoms. The molecule has 0 atom stereocenters. The summed E-state index contributed by atoms with van der Waals surface area (Å²) < 4.78 is 0. The van der Waals surface area contributed by atoms with Gasteiger partial charge in [-0.3, -0.25) is 0 Å². The molecule has 0 amide bonds. The monoisotopic (exact) mass is 447 g/mol. The van der Waals surface area contributed by atoms with Crippen molar-refractivity contribution in [1.82, 2.24) is 15.3 Å². The number of anilines is 2. The third-order valence-corrected chi connectivity index (χ3v) is 6.60. The number of nitrogens with zero attached hydrogens (tertiary/aromatic N) is 3. The van der Waals surface area contributed by atoms with Crippen LogP contribution in [-0.4, -0.2) is 36.6 Å². The lowest BCUT2D eigenvalue weighted by Crippen LogP contribution is -2.31. The fraction of sp³-hybridized carbons (Fsp3) is 0.500. The summed E-state index contributed by atoms with van der Waals surface area (Å²) in [5, 5.41) is 8.38. The molecule has 0 radical (unpaired) electrons. The Labute approximate surface area is 200 Å². The van der Waals surface area contributed by atoms with Crippen LogP contribution in [0.1, 0.15) is 64.0 Å². The molecule has 1 heterocycles. The van der Waals surface area contributed by atoms with Gasteiger partial charge in [0, 0.05) is 32.1 Å². The minimum absolute atomic E-state index is 0. The number of fused-ring (bicyclic) bond motifs is 1. The first-order valence-electron chi connectivity index (χ1n) is 12.0. The van der Waals surface area contributed by atoms with E-state index < -0.39 is 0 Å². The third kappa shape index (κ3) is 6.44. The van der Waals surface area contributed by atoms with Gasteiger partial charge in [-0.05, 0) is 67.3 Å². The van der Waals surface area contributed by atoms with Gasteiger partial charge in [0.05, 0.1) is 5.52 Å². The highest BCUT2D eigenvalue weighted by Crippen LogP contribution is 2.28. The van der Waals surface area contributed by atoms with Gasteiger partial charge in [0.1, 0.15) is 5.82 Å². The lowest BCUT2D eigenvalue weighted by molar-refractivity contribution is 0.324. The van der Waals surface area contributed by atoms with Gasteiger partial charge in [-0.15, -0.1) is 0 Å². The van der Waals surface area contributed by atoms with Gasteiger partial charge < -0.3 is 15.5 Å². The molecule has 0 aliphatic heterocycles. The van der Waals surface area contributed by atoms with Gasteiger partial charge in [-0.25, -0.2) is 4.98 Å². The van der Waals surface area contributed by atoms with Crippen LogP contribution in [0.25, 0.3) is 10.9 Å². The summed E-state index contributed by atoms with van der Waals surface area (Å²) in [6.45, 7) is 6.53. The molecule has 1 aromatic heterocycles. The van der Waals surface area contributed by atoms with E-state index in [9.17, 15) is 0 Å². The van der Waals surface area contributed by atoms with Crippen LogP contribution >= 0.6 is 0 Å². The van der Waals surface area contributed by atoms with Crippen LogP contribution in [0.15, 0.2) is 48.5 Å². The largest absolute Gasteiger partial charge is 0.362 e. The molecule has 1 fully saturated rings. The molecule has 33 heavy (non-hydrogen) atoms. The summed E-state index contributed by atoms with van der Waals surface area (Å²) in [4.78, 5) is 11.6. The van der Waals surface area contributed by atoms with Gasteiger partial charge >= 0.3 is 0 Å². The number of hydrogen-bond acceptors (Lipinski definition) is 5. The Kier molecular flexibility index (Phi) is 8.67. The van der Waals surface area contributed by atoms with Crippen molar-refractivity contribution in [2.45, 2.75) is 65.5 Å². The molecule has 5 heteroatoms. The Morgan fingerprint density at radius 1 is 0.939 bits per heavy atom. The third-order valence-electron chi connectivity index (χ3n) is 6.60. The van der Waals surface area contributed by atoms with Gasteiger partial charge in [0.2, 0.25) is 5.95 Å². The zero-order chi connectivity index (χ0) is 22.5. The molecule has 1 aliphatic carbocycles. The van der Waals surface area contributed by atoms with Crippen molar-refractivity contribution in [3.8, 4) is 0 Å². The van der Waals surface area contributed by atoms with Crippen molar-refractivity contribution in [3.05, 3.63) is 59.7 Å². The van der Waals surface area contributed by atoms with Crippen molar-refractivity contribution in [2.24, 2.45) is 5.92 Å². The quantitative estimate of drug-likeness (QED) is 0.429. The molecule has 178 valence electrons. The second-order valence-corrected chi connectivity index (χ2v) is 9.67. The summed E-state index contributed by atoms with van der Waals surface area (Å²) in [7, 11) is 4.07. The molecule has 1 aliphatic rings. The van der Waals surface area contributed by atoms with E-state index in [1.807, 2.05) is 26.2 Å². The predicted octanol–water partition coefficient (Wildman–Crippen LogP) is 6.22. The highest BCUT2D eigenvalue weighted by molar-refractivity contribution is 5.90. The van der Waals surface area contributed by atoms with Crippen molar-refractivity contribution in [2.75, 3.05) is 30.9 Å². The maximum Gasteiger partial charge on any atom is 0.225 e. The Morgan fingerprint density at radius 3 is 2.30 bits per heavy atom. The summed E-state index contributed by atoms with van der Waals surface area (Å²) in [6.07, 6.45) is 4.82. The van der Waals surface area contributed by atoms with E-state index >= 15 is 0 Å². The number of rotatable bonds is 8. The lowest BCUT2D eigenvalue weighted by atomic mass is 9.86. The molecule has 2 aromatic carbocycles. The second kappa shape index (κ2) is 11.5. The van der Waals surface area contributed by atoms with Crippen molar-refractivity contribution < 1.29 is 0 Å². The fourth-order valence-electron chi connectivity index (χ4n) is 4.60. The molecule has 0 unspecified atom stereocenters. The van der Waals surface area contributed by atoms with Crippen LogP contribution < -0.4 is 15.5 Å². The van der Waals surface area contributed by atoms with Crippen LogP contribution in [0.2, 0.25) is 0 Å².